The van der Waals surface area contributed by atoms with E-state index in [-0.39, 0.29) is 0 Å². The van der Waals surface area contributed by atoms with Crippen LogP contribution in [0.3, 0.4) is 0 Å². The Morgan fingerprint density at radius 2 is 1.69 bits per heavy atom. The van der Waals surface area contributed by atoms with Crippen molar-refractivity contribution >= 4 is 30.0 Å². The highest BCUT2D eigenvalue weighted by molar-refractivity contribution is 6.13. The first-order valence-corrected chi connectivity index (χ1v) is 7.89. The lowest BCUT2D eigenvalue weighted by atomic mass is 9.80. The highest BCUT2D eigenvalue weighted by Crippen LogP contribution is 2.43. The fourth-order valence-electron chi connectivity index (χ4n) is 3.48. The van der Waals surface area contributed by atoms with Crippen molar-refractivity contribution in [3.63, 3.8) is 0 Å². The van der Waals surface area contributed by atoms with Crippen molar-refractivity contribution in [1.82, 2.24) is 5.32 Å². The Bertz CT molecular complexity index is 770. The summed E-state index contributed by atoms with van der Waals surface area (Å²) in [5.41, 5.74) is -1.29. The third kappa shape index (κ3) is 2.59. The molecule has 2 saturated heterocycles. The van der Waals surface area contributed by atoms with E-state index in [0.29, 0.717) is 0 Å². The molecule has 1 aromatic rings. The van der Waals surface area contributed by atoms with Crippen molar-refractivity contribution in [2.45, 2.75) is 11.6 Å². The minimum Gasteiger partial charge on any atom is -0.467 e. The standard InChI is InChI=1S/C18H17NO7/c1-24-16(22)18(17(23)25-2)13-12(14(20)26-15(13)21)11(19-18)9-8-10-6-4-3-5-7-10/h3-9,11-13,19H,1-2H3/b9-8+/t11-,12+,13-/m1/s1. The number of ether oxygens (including phenoxy) is 3. The molecule has 1 N–H and O–H groups in total. The van der Waals surface area contributed by atoms with Crippen LogP contribution >= 0.6 is 0 Å². The van der Waals surface area contributed by atoms with Crippen LogP contribution in [0, 0.1) is 11.8 Å². The minimum atomic E-state index is -2.14. The number of cyclic esters (lactones) is 2. The lowest BCUT2D eigenvalue weighted by molar-refractivity contribution is -0.170. The smallest absolute Gasteiger partial charge is 0.338 e. The molecule has 0 aromatic heterocycles. The Labute approximate surface area is 149 Å². The normalized spacial score (nSPS) is 26.5. The Morgan fingerprint density at radius 1 is 1.08 bits per heavy atom. The highest BCUT2D eigenvalue weighted by atomic mass is 16.6. The van der Waals surface area contributed by atoms with Crippen molar-refractivity contribution in [3.8, 4) is 0 Å². The SMILES string of the molecule is COC(=O)C1(C(=O)OC)N[C@H](/C=C/c2ccccc2)[C@@H]2C(=O)OC(=O)[C@@H]21. The van der Waals surface area contributed by atoms with Crippen LogP contribution in [-0.2, 0) is 33.4 Å². The molecular formula is C18H17NO7. The van der Waals surface area contributed by atoms with E-state index in [2.05, 4.69) is 10.1 Å². The van der Waals surface area contributed by atoms with Crippen LogP contribution in [0.1, 0.15) is 5.56 Å². The average Bonchev–Trinajstić information content (AvgIpc) is 3.16. The molecule has 3 atom stereocenters. The topological polar surface area (TPSA) is 108 Å². The third-order valence-electron chi connectivity index (χ3n) is 4.64. The van der Waals surface area contributed by atoms with Gasteiger partial charge in [-0.25, -0.2) is 9.59 Å². The van der Waals surface area contributed by atoms with Crippen LogP contribution in [-0.4, -0.2) is 49.7 Å². The molecule has 0 saturated carbocycles. The van der Waals surface area contributed by atoms with Crippen molar-refractivity contribution in [2.24, 2.45) is 11.8 Å². The molecule has 136 valence electrons. The number of hydrogen-bond acceptors (Lipinski definition) is 8. The molecule has 2 heterocycles. The van der Waals surface area contributed by atoms with Gasteiger partial charge in [-0.05, 0) is 5.56 Å². The van der Waals surface area contributed by atoms with Crippen LogP contribution in [0.2, 0.25) is 0 Å². The quantitative estimate of drug-likeness (QED) is 0.457. The van der Waals surface area contributed by atoms with Gasteiger partial charge in [-0.1, -0.05) is 42.5 Å². The van der Waals surface area contributed by atoms with Crippen molar-refractivity contribution in [1.29, 1.82) is 0 Å². The van der Waals surface area contributed by atoms with Gasteiger partial charge in [0, 0.05) is 6.04 Å². The molecule has 0 unspecified atom stereocenters. The summed E-state index contributed by atoms with van der Waals surface area (Å²) in [6.07, 6.45) is 3.33. The molecule has 8 heteroatoms. The summed E-state index contributed by atoms with van der Waals surface area (Å²) in [6.45, 7) is 0. The maximum atomic E-state index is 12.4. The van der Waals surface area contributed by atoms with E-state index in [1.54, 1.807) is 12.2 Å². The first-order valence-electron chi connectivity index (χ1n) is 7.89. The number of carbonyl (C=O) groups excluding carboxylic acids is 4. The molecule has 0 radical (unpaired) electrons. The van der Waals surface area contributed by atoms with E-state index in [4.69, 9.17) is 9.47 Å². The average molecular weight is 359 g/mol. The largest absolute Gasteiger partial charge is 0.467 e. The summed E-state index contributed by atoms with van der Waals surface area (Å²) in [4.78, 5) is 49.2. The maximum Gasteiger partial charge on any atom is 0.338 e. The lowest BCUT2D eigenvalue weighted by Gasteiger charge is -2.27. The third-order valence-corrected chi connectivity index (χ3v) is 4.64. The minimum absolute atomic E-state index is 0.794. The molecular weight excluding hydrogens is 342 g/mol. The molecule has 0 bridgehead atoms. The molecule has 2 aliphatic heterocycles. The zero-order valence-corrected chi connectivity index (χ0v) is 14.1. The van der Waals surface area contributed by atoms with Crippen LogP contribution < -0.4 is 5.32 Å². The fraction of sp³-hybridized carbons (Fsp3) is 0.333. The molecule has 0 aliphatic carbocycles. The number of esters is 4. The van der Waals surface area contributed by atoms with E-state index in [0.717, 1.165) is 19.8 Å². The summed E-state index contributed by atoms with van der Waals surface area (Å²) in [5.74, 6) is -6.19. The highest BCUT2D eigenvalue weighted by Gasteiger charge is 2.72. The Kier molecular flexibility index (Phi) is 4.60. The van der Waals surface area contributed by atoms with Crippen LogP contribution in [0.5, 0.6) is 0 Å². The zero-order chi connectivity index (χ0) is 18.9. The Balaban J connectivity index is 2.04. The molecule has 2 fully saturated rings. The summed E-state index contributed by atoms with van der Waals surface area (Å²) >= 11 is 0. The van der Waals surface area contributed by atoms with Gasteiger partial charge in [-0.15, -0.1) is 0 Å². The predicted octanol–water partition coefficient (Wildman–Crippen LogP) is 0.0722. The summed E-state index contributed by atoms with van der Waals surface area (Å²) in [6, 6.07) is 8.42. The van der Waals surface area contributed by atoms with E-state index in [1.807, 2.05) is 30.3 Å². The number of nitrogens with one attached hydrogen (secondary N) is 1. The second kappa shape index (κ2) is 6.72. The van der Waals surface area contributed by atoms with E-state index >= 15 is 0 Å². The van der Waals surface area contributed by atoms with Gasteiger partial charge in [0.25, 0.3) is 0 Å². The first-order chi connectivity index (χ1) is 12.5. The zero-order valence-electron chi connectivity index (χ0n) is 14.1. The number of fused-ring (bicyclic) bond motifs is 1. The Hall–Kier alpha value is -3.00. The van der Waals surface area contributed by atoms with Gasteiger partial charge in [0.2, 0.25) is 5.54 Å². The fourth-order valence-corrected chi connectivity index (χ4v) is 3.48. The van der Waals surface area contributed by atoms with Crippen molar-refractivity contribution in [3.05, 3.63) is 42.0 Å². The number of carbonyl (C=O) groups is 4. The van der Waals surface area contributed by atoms with Gasteiger partial charge in [-0.3, -0.25) is 14.9 Å². The number of methoxy groups -OCH3 is 2. The van der Waals surface area contributed by atoms with E-state index in [9.17, 15) is 19.2 Å². The van der Waals surface area contributed by atoms with Gasteiger partial charge >= 0.3 is 23.9 Å². The van der Waals surface area contributed by atoms with Gasteiger partial charge in [0.05, 0.1) is 20.1 Å². The molecule has 26 heavy (non-hydrogen) atoms. The van der Waals surface area contributed by atoms with E-state index < -0.39 is 47.3 Å². The van der Waals surface area contributed by atoms with E-state index in [1.165, 1.54) is 0 Å². The summed E-state index contributed by atoms with van der Waals surface area (Å²) in [5, 5.41) is 2.78. The molecule has 1 aromatic carbocycles. The molecule has 8 nitrogen and oxygen atoms in total. The van der Waals surface area contributed by atoms with Gasteiger partial charge < -0.3 is 14.2 Å². The van der Waals surface area contributed by atoms with Crippen LogP contribution in [0.4, 0.5) is 0 Å². The first kappa shape index (κ1) is 17.8. The van der Waals surface area contributed by atoms with Gasteiger partial charge in [0.15, 0.2) is 0 Å². The second-order valence-corrected chi connectivity index (χ2v) is 5.97. The molecule has 2 aliphatic rings. The number of hydrogen-bond donors (Lipinski definition) is 1. The monoisotopic (exact) mass is 359 g/mol. The van der Waals surface area contributed by atoms with Crippen LogP contribution in [0.15, 0.2) is 36.4 Å². The van der Waals surface area contributed by atoms with Crippen molar-refractivity contribution in [2.75, 3.05) is 14.2 Å². The molecule has 3 rings (SSSR count). The predicted molar refractivity (Wildman–Crippen MR) is 87.2 cm³/mol. The second-order valence-electron chi connectivity index (χ2n) is 5.97. The summed E-state index contributed by atoms with van der Waals surface area (Å²) in [7, 11) is 2.16. The van der Waals surface area contributed by atoms with Gasteiger partial charge in [-0.2, -0.15) is 0 Å². The Morgan fingerprint density at radius 3 is 2.27 bits per heavy atom. The lowest BCUT2D eigenvalue weighted by Crippen LogP contribution is -2.62. The summed E-state index contributed by atoms with van der Waals surface area (Å²) < 4.78 is 14.1. The molecule has 0 amide bonds. The molecule has 0 spiro atoms. The number of rotatable bonds is 4. The maximum absolute atomic E-state index is 12.4. The van der Waals surface area contributed by atoms with Crippen molar-refractivity contribution < 1.29 is 33.4 Å². The van der Waals surface area contributed by atoms with Gasteiger partial charge in [0.1, 0.15) is 5.92 Å². The number of benzene rings is 1. The van der Waals surface area contributed by atoms with Crippen LogP contribution in [0.25, 0.3) is 6.08 Å².